The second-order valence-electron chi connectivity index (χ2n) is 4.63. The summed E-state index contributed by atoms with van der Waals surface area (Å²) in [5.74, 6) is -0.481. The van der Waals surface area contributed by atoms with Crippen molar-refractivity contribution < 1.29 is 9.59 Å². The van der Waals surface area contributed by atoms with E-state index < -0.39 is 5.91 Å². The number of anilines is 2. The molecule has 3 rings (SSSR count). The van der Waals surface area contributed by atoms with Crippen LogP contribution in [-0.2, 0) is 4.79 Å². The van der Waals surface area contributed by atoms with E-state index in [1.165, 1.54) is 29.2 Å². The van der Waals surface area contributed by atoms with E-state index in [1.54, 1.807) is 23.7 Å². The van der Waals surface area contributed by atoms with Crippen molar-refractivity contribution in [1.82, 2.24) is 15.2 Å². The molecule has 0 saturated heterocycles. The Hall–Kier alpha value is -1.72. The molecular formula is C14H9Cl2N5O2S3. The molecule has 0 atom stereocenters. The zero-order valence-corrected chi connectivity index (χ0v) is 16.7. The minimum atomic E-state index is -0.438. The Morgan fingerprint density at radius 1 is 1.15 bits per heavy atom. The molecule has 3 aromatic rings. The second-order valence-corrected chi connectivity index (χ2v) is 8.56. The molecule has 0 unspecified atom stereocenters. The van der Waals surface area contributed by atoms with Gasteiger partial charge in [0, 0.05) is 16.6 Å². The third-order valence-electron chi connectivity index (χ3n) is 2.81. The molecule has 2 amide bonds. The monoisotopic (exact) mass is 445 g/mol. The Labute approximate surface area is 170 Å². The van der Waals surface area contributed by atoms with Crippen LogP contribution in [0.1, 0.15) is 10.4 Å². The maximum absolute atomic E-state index is 12.2. The molecule has 0 aliphatic heterocycles. The molecule has 0 saturated carbocycles. The van der Waals surface area contributed by atoms with Crippen molar-refractivity contribution in [3.63, 3.8) is 0 Å². The highest BCUT2D eigenvalue weighted by atomic mass is 35.5. The molecule has 1 aromatic carbocycles. The van der Waals surface area contributed by atoms with Gasteiger partial charge in [0.15, 0.2) is 9.47 Å². The van der Waals surface area contributed by atoms with Gasteiger partial charge in [0.2, 0.25) is 11.0 Å². The van der Waals surface area contributed by atoms with E-state index in [9.17, 15) is 9.59 Å². The van der Waals surface area contributed by atoms with Crippen molar-refractivity contribution in [1.29, 1.82) is 0 Å². The molecule has 26 heavy (non-hydrogen) atoms. The van der Waals surface area contributed by atoms with Gasteiger partial charge in [-0.25, -0.2) is 4.98 Å². The number of thiazole rings is 1. The maximum atomic E-state index is 12.2. The fourth-order valence-corrected chi connectivity index (χ4v) is 4.19. The van der Waals surface area contributed by atoms with E-state index in [-0.39, 0.29) is 22.2 Å². The molecule has 0 aliphatic rings. The van der Waals surface area contributed by atoms with Gasteiger partial charge in [-0.2, -0.15) is 0 Å². The number of carbonyl (C=O) groups excluding carboxylic acids is 2. The number of rotatable bonds is 6. The van der Waals surface area contributed by atoms with Gasteiger partial charge >= 0.3 is 0 Å². The maximum Gasteiger partial charge on any atom is 0.259 e. The highest BCUT2D eigenvalue weighted by molar-refractivity contribution is 8.01. The smallest absolute Gasteiger partial charge is 0.259 e. The van der Waals surface area contributed by atoms with Crippen molar-refractivity contribution in [2.24, 2.45) is 0 Å². The normalized spacial score (nSPS) is 10.5. The Kier molecular flexibility index (Phi) is 6.43. The molecule has 2 aromatic heterocycles. The van der Waals surface area contributed by atoms with Crippen molar-refractivity contribution >= 4 is 79.7 Å². The molecule has 2 N–H and O–H groups in total. The van der Waals surface area contributed by atoms with Crippen LogP contribution in [0.3, 0.4) is 0 Å². The summed E-state index contributed by atoms with van der Waals surface area (Å²) >= 11 is 15.6. The van der Waals surface area contributed by atoms with Gasteiger partial charge in [-0.15, -0.1) is 21.5 Å². The predicted molar refractivity (Wildman–Crippen MR) is 106 cm³/mol. The van der Waals surface area contributed by atoms with Crippen molar-refractivity contribution in [3.05, 3.63) is 45.4 Å². The summed E-state index contributed by atoms with van der Waals surface area (Å²) in [5, 5.41) is 16.4. The number of aromatic nitrogens is 3. The highest BCUT2D eigenvalue weighted by Gasteiger charge is 2.15. The minimum absolute atomic E-state index is 0.155. The van der Waals surface area contributed by atoms with Crippen LogP contribution in [0.2, 0.25) is 10.0 Å². The molecule has 0 bridgehead atoms. The first-order valence-corrected chi connectivity index (χ1v) is 10.4. The van der Waals surface area contributed by atoms with Gasteiger partial charge in [0.1, 0.15) is 0 Å². The van der Waals surface area contributed by atoms with Crippen LogP contribution in [-0.4, -0.2) is 32.7 Å². The molecular weight excluding hydrogens is 437 g/mol. The zero-order chi connectivity index (χ0) is 18.5. The summed E-state index contributed by atoms with van der Waals surface area (Å²) in [4.78, 5) is 28.0. The number of hydrogen-bond acceptors (Lipinski definition) is 8. The Morgan fingerprint density at radius 3 is 2.77 bits per heavy atom. The highest BCUT2D eigenvalue weighted by Crippen LogP contribution is 2.27. The summed E-state index contributed by atoms with van der Waals surface area (Å²) in [6.45, 7) is 0. The number of carbonyl (C=O) groups is 2. The summed E-state index contributed by atoms with van der Waals surface area (Å²) < 4.78 is 0.548. The average molecular weight is 446 g/mol. The SMILES string of the molecule is O=C(CSc1nnc(NC(=O)c2cc(Cl)ccc2Cl)s1)Nc1nccs1. The number of thioether (sulfide) groups is 1. The Bertz CT molecular complexity index is 933. The van der Waals surface area contributed by atoms with Crippen LogP contribution in [0.15, 0.2) is 34.1 Å². The number of halogens is 2. The van der Waals surface area contributed by atoms with E-state index in [0.29, 0.717) is 19.6 Å². The van der Waals surface area contributed by atoms with Gasteiger partial charge in [0.25, 0.3) is 5.91 Å². The summed E-state index contributed by atoms with van der Waals surface area (Å²) in [5.41, 5.74) is 0.242. The standard InChI is InChI=1S/C14H9Cl2N5O2S3/c15-7-1-2-9(16)8(5-7)11(23)19-13-20-21-14(26-13)25-6-10(22)18-12-17-3-4-24-12/h1-5H,6H2,(H,17,18,22)(H,19,20,23). The largest absolute Gasteiger partial charge is 0.301 e. The van der Waals surface area contributed by atoms with Crippen LogP contribution >= 0.6 is 57.6 Å². The quantitative estimate of drug-likeness (QED) is 0.433. The first kappa shape index (κ1) is 19.1. The zero-order valence-electron chi connectivity index (χ0n) is 12.7. The van der Waals surface area contributed by atoms with Crippen LogP contribution in [0.4, 0.5) is 10.3 Å². The fraction of sp³-hybridized carbons (Fsp3) is 0.0714. The van der Waals surface area contributed by atoms with Crippen molar-refractivity contribution in [3.8, 4) is 0 Å². The first-order valence-electron chi connectivity index (χ1n) is 6.93. The lowest BCUT2D eigenvalue weighted by atomic mass is 10.2. The predicted octanol–water partition coefficient (Wildman–Crippen LogP) is 4.28. The van der Waals surface area contributed by atoms with Crippen LogP contribution in [0.25, 0.3) is 0 Å². The number of nitrogens with one attached hydrogen (secondary N) is 2. The lowest BCUT2D eigenvalue weighted by Crippen LogP contribution is -2.13. The van der Waals surface area contributed by atoms with Crippen LogP contribution in [0.5, 0.6) is 0 Å². The molecule has 0 aliphatic carbocycles. The third kappa shape index (κ3) is 5.15. The topological polar surface area (TPSA) is 96.9 Å². The van der Waals surface area contributed by atoms with Gasteiger partial charge < -0.3 is 5.32 Å². The Morgan fingerprint density at radius 2 is 2.00 bits per heavy atom. The lowest BCUT2D eigenvalue weighted by Gasteiger charge is -2.03. The fourth-order valence-electron chi connectivity index (χ4n) is 1.72. The van der Waals surface area contributed by atoms with Gasteiger partial charge in [-0.1, -0.05) is 46.3 Å². The summed E-state index contributed by atoms with van der Waals surface area (Å²) in [6.07, 6.45) is 1.61. The van der Waals surface area contributed by atoms with E-state index in [4.69, 9.17) is 23.2 Å². The number of nitrogens with zero attached hydrogens (tertiary/aromatic N) is 3. The molecule has 2 heterocycles. The molecule has 12 heteroatoms. The van der Waals surface area contributed by atoms with E-state index >= 15 is 0 Å². The third-order valence-corrected chi connectivity index (χ3v) is 6.03. The molecule has 134 valence electrons. The summed E-state index contributed by atoms with van der Waals surface area (Å²) in [6, 6.07) is 4.61. The van der Waals surface area contributed by atoms with E-state index in [2.05, 4.69) is 25.8 Å². The van der Waals surface area contributed by atoms with Crippen molar-refractivity contribution in [2.75, 3.05) is 16.4 Å². The lowest BCUT2D eigenvalue weighted by molar-refractivity contribution is -0.113. The number of hydrogen-bond donors (Lipinski definition) is 2. The number of benzene rings is 1. The van der Waals surface area contributed by atoms with Crippen LogP contribution in [0, 0.1) is 0 Å². The van der Waals surface area contributed by atoms with Crippen molar-refractivity contribution in [2.45, 2.75) is 4.34 Å². The summed E-state index contributed by atoms with van der Waals surface area (Å²) in [7, 11) is 0. The van der Waals surface area contributed by atoms with Crippen LogP contribution < -0.4 is 10.6 Å². The molecule has 0 fully saturated rings. The van der Waals surface area contributed by atoms with Gasteiger partial charge in [-0.05, 0) is 18.2 Å². The number of amides is 2. The van der Waals surface area contributed by atoms with Gasteiger partial charge in [0.05, 0.1) is 16.3 Å². The molecule has 7 nitrogen and oxygen atoms in total. The van der Waals surface area contributed by atoms with E-state index in [0.717, 1.165) is 11.3 Å². The second kappa shape index (κ2) is 8.78. The van der Waals surface area contributed by atoms with Gasteiger partial charge in [-0.3, -0.25) is 14.9 Å². The van der Waals surface area contributed by atoms with E-state index in [1.807, 2.05) is 0 Å². The molecule has 0 radical (unpaired) electrons. The molecule has 0 spiro atoms. The minimum Gasteiger partial charge on any atom is -0.301 e. The Balaban J connectivity index is 1.55. The first-order chi connectivity index (χ1) is 12.5. The average Bonchev–Trinajstić information content (AvgIpc) is 3.27.